The first-order chi connectivity index (χ1) is 17.5. The van der Waals surface area contributed by atoms with E-state index in [0.29, 0.717) is 28.3 Å². The lowest BCUT2D eigenvalue weighted by Gasteiger charge is -2.09. The summed E-state index contributed by atoms with van der Waals surface area (Å²) in [5.41, 5.74) is 14.0. The number of rotatable bonds is 10. The van der Waals surface area contributed by atoms with Crippen molar-refractivity contribution >= 4 is 29.4 Å². The number of alkyl halides is 3. The van der Waals surface area contributed by atoms with Crippen molar-refractivity contribution in [3.8, 4) is 11.5 Å². The van der Waals surface area contributed by atoms with Gasteiger partial charge in [-0.25, -0.2) is 9.59 Å². The van der Waals surface area contributed by atoms with Gasteiger partial charge in [0.25, 0.3) is 0 Å². The molecule has 0 aliphatic rings. The lowest BCUT2D eigenvalue weighted by atomic mass is 10.0. The fourth-order valence-electron chi connectivity index (χ4n) is 3.32. The maximum Gasteiger partial charge on any atom is 0.389 e. The molecule has 0 unspecified atom stereocenters. The molecule has 0 fully saturated rings. The maximum atomic E-state index is 12.4. The highest BCUT2D eigenvalue weighted by atomic mass is 19.4. The van der Waals surface area contributed by atoms with Gasteiger partial charge in [-0.05, 0) is 72.2 Å². The van der Waals surface area contributed by atoms with Crippen molar-refractivity contribution in [2.45, 2.75) is 25.4 Å². The van der Waals surface area contributed by atoms with Crippen LogP contribution < -0.4 is 20.9 Å². The highest BCUT2D eigenvalue weighted by molar-refractivity contribution is 5.93. The number of aliphatic carboxylic acids is 1. The predicted molar refractivity (Wildman–Crippen MR) is 133 cm³/mol. The summed E-state index contributed by atoms with van der Waals surface area (Å²) in [5, 5.41) is 9.60. The highest BCUT2D eigenvalue weighted by Crippen LogP contribution is 2.23. The molecule has 0 amide bonds. The molecule has 0 atom stereocenters. The molecule has 0 spiro atoms. The van der Waals surface area contributed by atoms with E-state index >= 15 is 0 Å². The van der Waals surface area contributed by atoms with E-state index in [1.807, 2.05) is 0 Å². The standard InChI is InChI=1S/C27H25F3N2O5/c28-27(29,30)12-1-13-36-22-10-5-18(6-11-22)26(35)37-23-8-2-17(3-9-23)14-20(25(33)34)15-19-4-7-21(31)16-24(19)32/h2-11,14,16H,1,12-13,15,31-32H2,(H,33,34)/b20-14+. The van der Waals surface area contributed by atoms with E-state index in [-0.39, 0.29) is 36.3 Å². The van der Waals surface area contributed by atoms with Gasteiger partial charge >= 0.3 is 18.1 Å². The number of ether oxygens (including phenoxy) is 2. The normalized spacial score (nSPS) is 11.7. The topological polar surface area (TPSA) is 125 Å². The molecule has 0 saturated heterocycles. The second-order valence-electron chi connectivity index (χ2n) is 8.16. The third-order valence-electron chi connectivity index (χ3n) is 5.22. The Labute approximate surface area is 211 Å². The van der Waals surface area contributed by atoms with Gasteiger partial charge in [0.15, 0.2) is 0 Å². The molecule has 0 heterocycles. The number of hydrogen-bond acceptors (Lipinski definition) is 6. The van der Waals surface area contributed by atoms with E-state index < -0.39 is 24.5 Å². The molecule has 3 rings (SSSR count). The van der Waals surface area contributed by atoms with Crippen LogP contribution in [0.3, 0.4) is 0 Å². The molecule has 5 N–H and O–H groups in total. The van der Waals surface area contributed by atoms with Gasteiger partial charge < -0.3 is 26.0 Å². The smallest absolute Gasteiger partial charge is 0.389 e. The minimum Gasteiger partial charge on any atom is -0.494 e. The van der Waals surface area contributed by atoms with Crippen molar-refractivity contribution in [1.82, 2.24) is 0 Å². The average molecular weight is 515 g/mol. The van der Waals surface area contributed by atoms with Crippen LogP contribution in [0.25, 0.3) is 6.08 Å². The molecular formula is C27H25F3N2O5. The Morgan fingerprint density at radius 1 is 0.919 bits per heavy atom. The first-order valence-electron chi connectivity index (χ1n) is 11.2. The zero-order chi connectivity index (χ0) is 27.0. The molecule has 0 aliphatic heterocycles. The van der Waals surface area contributed by atoms with Crippen LogP contribution in [0.15, 0.2) is 72.3 Å². The van der Waals surface area contributed by atoms with E-state index in [0.717, 1.165) is 0 Å². The Hall–Kier alpha value is -4.47. The monoisotopic (exact) mass is 514 g/mol. The van der Waals surface area contributed by atoms with Gasteiger partial charge in [0, 0.05) is 29.8 Å². The Morgan fingerprint density at radius 2 is 1.57 bits per heavy atom. The number of nitrogens with two attached hydrogens (primary N) is 2. The summed E-state index contributed by atoms with van der Waals surface area (Å²) in [6.07, 6.45) is -3.73. The van der Waals surface area contributed by atoms with Gasteiger partial charge in [0.05, 0.1) is 12.2 Å². The fourth-order valence-corrected chi connectivity index (χ4v) is 3.32. The highest BCUT2D eigenvalue weighted by Gasteiger charge is 2.26. The van der Waals surface area contributed by atoms with Gasteiger partial charge in [-0.1, -0.05) is 18.2 Å². The van der Waals surface area contributed by atoms with Crippen molar-refractivity contribution in [3.63, 3.8) is 0 Å². The Balaban J connectivity index is 1.59. The molecule has 7 nitrogen and oxygen atoms in total. The molecule has 0 bridgehead atoms. The predicted octanol–water partition coefficient (Wildman–Crippen LogP) is 5.50. The number of halogens is 3. The minimum atomic E-state index is -4.23. The second-order valence-corrected chi connectivity index (χ2v) is 8.16. The van der Waals surface area contributed by atoms with Crippen LogP contribution in [0.1, 0.15) is 34.3 Å². The van der Waals surface area contributed by atoms with E-state index in [9.17, 15) is 27.9 Å². The number of benzene rings is 3. The molecule has 10 heteroatoms. The van der Waals surface area contributed by atoms with Crippen molar-refractivity contribution in [1.29, 1.82) is 0 Å². The molecule has 3 aromatic carbocycles. The first-order valence-corrected chi connectivity index (χ1v) is 11.2. The minimum absolute atomic E-state index is 0.0962. The second kappa shape index (κ2) is 12.0. The van der Waals surface area contributed by atoms with Gasteiger partial charge in [0.1, 0.15) is 11.5 Å². The lowest BCUT2D eigenvalue weighted by Crippen LogP contribution is -2.10. The Kier molecular flexibility index (Phi) is 8.78. The quantitative estimate of drug-likeness (QED) is 0.107. The Bertz CT molecular complexity index is 1270. The molecule has 0 aromatic heterocycles. The SMILES string of the molecule is Nc1ccc(C/C(=C\c2ccc(OC(=O)c3ccc(OCCCC(F)(F)F)cc3)cc2)C(=O)O)c(N)c1. The Morgan fingerprint density at radius 3 is 2.16 bits per heavy atom. The number of carboxylic acids is 1. The third-order valence-corrected chi connectivity index (χ3v) is 5.22. The van der Waals surface area contributed by atoms with E-state index in [1.165, 1.54) is 42.5 Å². The number of carboxylic acid groups (broad SMARTS) is 1. The van der Waals surface area contributed by atoms with Crippen LogP contribution in [-0.2, 0) is 11.2 Å². The van der Waals surface area contributed by atoms with Crippen molar-refractivity contribution in [3.05, 3.63) is 89.0 Å². The van der Waals surface area contributed by atoms with Crippen LogP contribution in [0.5, 0.6) is 11.5 Å². The van der Waals surface area contributed by atoms with Gasteiger partial charge in [-0.3, -0.25) is 0 Å². The summed E-state index contributed by atoms with van der Waals surface area (Å²) < 4.78 is 47.1. The van der Waals surface area contributed by atoms with E-state index in [1.54, 1.807) is 30.3 Å². The molecule has 0 radical (unpaired) electrons. The van der Waals surface area contributed by atoms with E-state index in [2.05, 4.69) is 0 Å². The fraction of sp³-hybridized carbons (Fsp3) is 0.185. The number of esters is 1. The van der Waals surface area contributed by atoms with Crippen LogP contribution in [-0.4, -0.2) is 29.8 Å². The van der Waals surface area contributed by atoms with E-state index in [4.69, 9.17) is 20.9 Å². The van der Waals surface area contributed by atoms with Crippen LogP contribution in [0, 0.1) is 0 Å². The number of carbonyl (C=O) groups is 2. The van der Waals surface area contributed by atoms with Crippen molar-refractivity contribution < 1.29 is 37.3 Å². The van der Waals surface area contributed by atoms with Gasteiger partial charge in [-0.2, -0.15) is 13.2 Å². The number of anilines is 2. The average Bonchev–Trinajstić information content (AvgIpc) is 2.83. The summed E-state index contributed by atoms with van der Waals surface area (Å²) >= 11 is 0. The molecule has 3 aromatic rings. The van der Waals surface area contributed by atoms with Crippen molar-refractivity contribution in [2.24, 2.45) is 0 Å². The largest absolute Gasteiger partial charge is 0.494 e. The molecule has 0 saturated carbocycles. The first kappa shape index (κ1) is 27.1. The summed E-state index contributed by atoms with van der Waals surface area (Å²) in [6.45, 7) is -0.0962. The number of carbonyl (C=O) groups excluding carboxylic acids is 1. The van der Waals surface area contributed by atoms with Crippen LogP contribution >= 0.6 is 0 Å². The molecule has 0 aliphatic carbocycles. The zero-order valence-corrected chi connectivity index (χ0v) is 19.6. The molecule has 37 heavy (non-hydrogen) atoms. The number of hydrogen-bond donors (Lipinski definition) is 3. The van der Waals surface area contributed by atoms with Crippen molar-refractivity contribution in [2.75, 3.05) is 18.1 Å². The lowest BCUT2D eigenvalue weighted by molar-refractivity contribution is -0.136. The summed E-state index contributed by atoms with van der Waals surface area (Å²) in [4.78, 5) is 24.1. The maximum absolute atomic E-state index is 12.4. The summed E-state index contributed by atoms with van der Waals surface area (Å²) in [7, 11) is 0. The summed E-state index contributed by atoms with van der Waals surface area (Å²) in [6, 6.07) is 17.0. The molecular weight excluding hydrogens is 489 g/mol. The summed E-state index contributed by atoms with van der Waals surface area (Å²) in [5.74, 6) is -1.16. The zero-order valence-electron chi connectivity index (χ0n) is 19.6. The van der Waals surface area contributed by atoms with Crippen LogP contribution in [0.4, 0.5) is 24.5 Å². The number of nitrogen functional groups attached to an aromatic ring is 2. The van der Waals surface area contributed by atoms with Gasteiger partial charge in [0.2, 0.25) is 0 Å². The molecule has 194 valence electrons. The van der Waals surface area contributed by atoms with Crippen LogP contribution in [0.2, 0.25) is 0 Å². The van der Waals surface area contributed by atoms with Gasteiger partial charge in [-0.15, -0.1) is 0 Å². The third kappa shape index (κ3) is 8.60.